The first-order valence-electron chi connectivity index (χ1n) is 7.61. The molecular weight excluding hydrogens is 312 g/mol. The van der Waals surface area contributed by atoms with Crippen LogP contribution in [0.1, 0.15) is 25.5 Å². The third-order valence-electron chi connectivity index (χ3n) is 3.91. The van der Waals surface area contributed by atoms with Crippen molar-refractivity contribution in [2.45, 2.75) is 25.9 Å². The Morgan fingerprint density at radius 3 is 2.46 bits per heavy atom. The van der Waals surface area contributed by atoms with Gasteiger partial charge in [0.2, 0.25) is 0 Å². The number of ether oxygens (including phenoxy) is 2. The molecular formula is C17H23N2O5+. The van der Waals surface area contributed by atoms with Gasteiger partial charge < -0.3 is 25.2 Å². The number of hydrogen-bond acceptors (Lipinski definition) is 5. The van der Waals surface area contributed by atoms with Crippen LogP contribution in [0.4, 0.5) is 0 Å². The van der Waals surface area contributed by atoms with E-state index in [2.05, 4.69) is 5.73 Å². The SMILES string of the molecule is COc1ccc([C@@H]2C(C(C)=O)=C(O)C(=O)N2C[C@H](C)[NH3+])cc1OC. The molecule has 1 amide bonds. The average molecular weight is 335 g/mol. The highest BCUT2D eigenvalue weighted by atomic mass is 16.5. The minimum Gasteiger partial charge on any atom is -0.503 e. The summed E-state index contributed by atoms with van der Waals surface area (Å²) in [5.74, 6) is -0.377. The van der Waals surface area contributed by atoms with E-state index in [1.807, 2.05) is 6.92 Å². The Morgan fingerprint density at radius 2 is 1.96 bits per heavy atom. The summed E-state index contributed by atoms with van der Waals surface area (Å²) >= 11 is 0. The van der Waals surface area contributed by atoms with Crippen LogP contribution in [0.25, 0.3) is 0 Å². The quantitative estimate of drug-likeness (QED) is 0.793. The minimum atomic E-state index is -0.668. The molecule has 1 aliphatic heterocycles. The van der Waals surface area contributed by atoms with Gasteiger partial charge in [-0.25, -0.2) is 0 Å². The number of carbonyl (C=O) groups is 2. The van der Waals surface area contributed by atoms with Crippen molar-refractivity contribution in [3.63, 3.8) is 0 Å². The molecule has 0 fully saturated rings. The summed E-state index contributed by atoms with van der Waals surface area (Å²) in [4.78, 5) is 25.9. The summed E-state index contributed by atoms with van der Waals surface area (Å²) in [6.07, 6.45) is 0. The second-order valence-electron chi connectivity index (χ2n) is 5.90. The van der Waals surface area contributed by atoms with Crippen LogP contribution in [0.2, 0.25) is 0 Å². The Hall–Kier alpha value is -2.54. The van der Waals surface area contributed by atoms with E-state index in [0.29, 0.717) is 23.6 Å². The lowest BCUT2D eigenvalue weighted by Gasteiger charge is -2.27. The van der Waals surface area contributed by atoms with E-state index in [-0.39, 0.29) is 17.4 Å². The molecule has 2 rings (SSSR count). The standard InChI is InChI=1S/C17H22N2O5/c1-9(18)8-19-15(14(10(2)20)16(21)17(19)22)11-5-6-12(23-3)13(7-11)24-4/h5-7,9,15,21H,8,18H2,1-4H3/p+1/t9-,15+/m0/s1. The Bertz CT molecular complexity index is 696. The number of ketones is 1. The zero-order chi connectivity index (χ0) is 18.0. The largest absolute Gasteiger partial charge is 0.503 e. The maximum atomic E-state index is 12.4. The number of nitrogens with zero attached hydrogens (tertiary/aromatic N) is 1. The van der Waals surface area contributed by atoms with Gasteiger partial charge >= 0.3 is 0 Å². The minimum absolute atomic E-state index is 0.0595. The Kier molecular flexibility index (Phi) is 5.14. The van der Waals surface area contributed by atoms with Crippen LogP contribution in [0.3, 0.4) is 0 Å². The molecule has 0 spiro atoms. The van der Waals surface area contributed by atoms with Gasteiger partial charge in [-0.3, -0.25) is 9.59 Å². The van der Waals surface area contributed by atoms with Crippen molar-refractivity contribution in [2.75, 3.05) is 20.8 Å². The average Bonchev–Trinajstić information content (AvgIpc) is 2.78. The van der Waals surface area contributed by atoms with Crippen LogP contribution >= 0.6 is 0 Å². The van der Waals surface area contributed by atoms with Gasteiger partial charge in [-0.05, 0) is 31.5 Å². The fraction of sp³-hybridized carbons (Fsp3) is 0.412. The number of aliphatic hydroxyl groups excluding tert-OH is 1. The summed E-state index contributed by atoms with van der Waals surface area (Å²) in [7, 11) is 3.04. The number of rotatable bonds is 6. The van der Waals surface area contributed by atoms with Crippen LogP contribution < -0.4 is 15.2 Å². The van der Waals surface area contributed by atoms with Crippen molar-refractivity contribution in [3.05, 3.63) is 35.1 Å². The summed E-state index contributed by atoms with van der Waals surface area (Å²) in [6.45, 7) is 3.52. The third kappa shape index (κ3) is 3.07. The smallest absolute Gasteiger partial charge is 0.290 e. The monoisotopic (exact) mass is 335 g/mol. The normalized spacial score (nSPS) is 18.8. The van der Waals surface area contributed by atoms with Gasteiger partial charge in [0.25, 0.3) is 5.91 Å². The number of hydrogen-bond donors (Lipinski definition) is 2. The number of amides is 1. The molecule has 24 heavy (non-hydrogen) atoms. The zero-order valence-electron chi connectivity index (χ0n) is 14.3. The number of benzene rings is 1. The lowest BCUT2D eigenvalue weighted by Crippen LogP contribution is -2.63. The molecule has 0 saturated heterocycles. The number of carbonyl (C=O) groups excluding carboxylic acids is 2. The van der Waals surface area contributed by atoms with E-state index < -0.39 is 17.7 Å². The van der Waals surface area contributed by atoms with E-state index in [1.165, 1.54) is 26.0 Å². The van der Waals surface area contributed by atoms with E-state index in [0.717, 1.165) is 0 Å². The molecule has 2 atom stereocenters. The number of methoxy groups -OCH3 is 2. The summed E-state index contributed by atoms with van der Waals surface area (Å²) in [5, 5.41) is 10.2. The number of quaternary nitrogens is 1. The topological polar surface area (TPSA) is 104 Å². The predicted molar refractivity (Wildman–Crippen MR) is 86.7 cm³/mol. The van der Waals surface area contributed by atoms with Crippen LogP contribution in [-0.2, 0) is 9.59 Å². The van der Waals surface area contributed by atoms with Crippen LogP contribution in [0.5, 0.6) is 11.5 Å². The predicted octanol–water partition coefficient (Wildman–Crippen LogP) is 0.619. The molecule has 0 saturated carbocycles. The highest BCUT2D eigenvalue weighted by Crippen LogP contribution is 2.40. The molecule has 7 nitrogen and oxygen atoms in total. The first kappa shape index (κ1) is 17.8. The molecule has 0 unspecified atom stereocenters. The molecule has 1 heterocycles. The molecule has 0 radical (unpaired) electrons. The molecule has 0 aromatic heterocycles. The van der Waals surface area contributed by atoms with Gasteiger partial charge in [0, 0.05) is 0 Å². The first-order chi connectivity index (χ1) is 11.3. The lowest BCUT2D eigenvalue weighted by molar-refractivity contribution is -0.415. The zero-order valence-corrected chi connectivity index (χ0v) is 14.3. The fourth-order valence-electron chi connectivity index (χ4n) is 2.91. The van der Waals surface area contributed by atoms with E-state index in [1.54, 1.807) is 18.2 Å². The maximum Gasteiger partial charge on any atom is 0.290 e. The summed E-state index contributed by atoms with van der Waals surface area (Å²) < 4.78 is 10.5. The summed E-state index contributed by atoms with van der Waals surface area (Å²) in [5.41, 5.74) is 4.65. The van der Waals surface area contributed by atoms with Gasteiger partial charge in [-0.2, -0.15) is 0 Å². The van der Waals surface area contributed by atoms with Crippen molar-refractivity contribution < 1.29 is 29.9 Å². The second kappa shape index (κ2) is 6.92. The molecule has 130 valence electrons. The molecule has 0 aliphatic carbocycles. The van der Waals surface area contributed by atoms with E-state index in [4.69, 9.17) is 9.47 Å². The van der Waals surface area contributed by atoms with Crippen molar-refractivity contribution >= 4 is 11.7 Å². The highest BCUT2D eigenvalue weighted by Gasteiger charge is 2.43. The molecule has 4 N–H and O–H groups in total. The third-order valence-corrected chi connectivity index (χ3v) is 3.91. The Labute approximate surface area is 140 Å². The Morgan fingerprint density at radius 1 is 1.33 bits per heavy atom. The Balaban J connectivity index is 2.57. The van der Waals surface area contributed by atoms with E-state index >= 15 is 0 Å². The van der Waals surface area contributed by atoms with Gasteiger partial charge in [-0.15, -0.1) is 0 Å². The van der Waals surface area contributed by atoms with Gasteiger partial charge in [-0.1, -0.05) is 6.07 Å². The van der Waals surface area contributed by atoms with Crippen molar-refractivity contribution in [1.82, 2.24) is 4.90 Å². The molecule has 0 bridgehead atoms. The molecule has 7 heteroatoms. The van der Waals surface area contributed by atoms with Gasteiger partial charge in [0.05, 0.1) is 38.4 Å². The fourth-order valence-corrected chi connectivity index (χ4v) is 2.91. The molecule has 1 aliphatic rings. The van der Waals surface area contributed by atoms with Crippen LogP contribution in [0, 0.1) is 0 Å². The number of aliphatic hydroxyl groups is 1. The highest BCUT2D eigenvalue weighted by molar-refractivity contribution is 6.08. The lowest BCUT2D eigenvalue weighted by atomic mass is 9.96. The van der Waals surface area contributed by atoms with Crippen molar-refractivity contribution in [1.29, 1.82) is 0 Å². The van der Waals surface area contributed by atoms with Crippen molar-refractivity contribution in [2.24, 2.45) is 0 Å². The van der Waals surface area contributed by atoms with Gasteiger partial charge in [0.1, 0.15) is 0 Å². The summed E-state index contributed by atoms with van der Waals surface area (Å²) in [6, 6.07) is 4.44. The van der Waals surface area contributed by atoms with Crippen molar-refractivity contribution in [3.8, 4) is 11.5 Å². The second-order valence-corrected chi connectivity index (χ2v) is 5.90. The van der Waals surface area contributed by atoms with E-state index in [9.17, 15) is 14.7 Å². The maximum absolute atomic E-state index is 12.4. The number of Topliss-reactive ketones (excluding diaryl/α,β-unsaturated/α-hetero) is 1. The van der Waals surface area contributed by atoms with Crippen LogP contribution in [-0.4, -0.2) is 48.5 Å². The first-order valence-corrected chi connectivity index (χ1v) is 7.61. The van der Waals surface area contributed by atoms with Crippen LogP contribution in [0.15, 0.2) is 29.5 Å². The molecule has 1 aromatic carbocycles. The molecule has 1 aromatic rings. The van der Waals surface area contributed by atoms with Gasteiger partial charge in [0.15, 0.2) is 23.0 Å².